The maximum atomic E-state index is 12.2. The maximum absolute atomic E-state index is 12.2. The fraction of sp³-hybridized carbons (Fsp3) is 0.118. The first kappa shape index (κ1) is 13.6. The first-order valence-corrected chi connectivity index (χ1v) is 7.70. The molecule has 2 aromatic carbocycles. The van der Waals surface area contributed by atoms with Crippen LogP contribution in [-0.2, 0) is 4.79 Å². The third kappa shape index (κ3) is 3.23. The number of para-hydroxylation sites is 1. The summed E-state index contributed by atoms with van der Waals surface area (Å²) in [6, 6.07) is 17.4. The van der Waals surface area contributed by atoms with Crippen molar-refractivity contribution >= 4 is 38.7 Å². The molecule has 2 N–H and O–H groups in total. The van der Waals surface area contributed by atoms with Gasteiger partial charge in [-0.3, -0.25) is 4.79 Å². The molecule has 0 saturated heterocycles. The number of hydrogen-bond donors (Lipinski definition) is 2. The number of thiophene rings is 1. The van der Waals surface area contributed by atoms with Gasteiger partial charge in [0, 0.05) is 16.1 Å². The van der Waals surface area contributed by atoms with E-state index in [1.165, 1.54) is 10.1 Å². The van der Waals surface area contributed by atoms with E-state index in [9.17, 15) is 4.79 Å². The number of hydrogen-bond acceptors (Lipinski definition) is 3. The van der Waals surface area contributed by atoms with Crippen molar-refractivity contribution in [3.05, 3.63) is 60.0 Å². The summed E-state index contributed by atoms with van der Waals surface area (Å²) >= 11 is 1.72. The normalized spacial score (nSPS) is 12.0. The van der Waals surface area contributed by atoms with Gasteiger partial charge in [-0.05, 0) is 54.1 Å². The van der Waals surface area contributed by atoms with Crippen LogP contribution in [0, 0.1) is 0 Å². The SMILES string of the molecule is CC(Nc1ccc2sccc2c1)C(=O)Nc1ccccc1. The third-order valence-corrected chi connectivity index (χ3v) is 4.17. The second kappa shape index (κ2) is 5.97. The molecule has 1 atom stereocenters. The molecule has 21 heavy (non-hydrogen) atoms. The van der Waals surface area contributed by atoms with Gasteiger partial charge in [0.2, 0.25) is 5.91 Å². The summed E-state index contributed by atoms with van der Waals surface area (Å²) in [5.41, 5.74) is 1.76. The maximum Gasteiger partial charge on any atom is 0.246 e. The van der Waals surface area contributed by atoms with Gasteiger partial charge in [0.05, 0.1) is 0 Å². The second-order valence-electron chi connectivity index (χ2n) is 4.89. The van der Waals surface area contributed by atoms with Crippen molar-refractivity contribution in [1.29, 1.82) is 0 Å². The fourth-order valence-corrected chi connectivity index (χ4v) is 2.91. The number of nitrogens with one attached hydrogen (secondary N) is 2. The quantitative estimate of drug-likeness (QED) is 0.752. The van der Waals surface area contributed by atoms with Crippen LogP contribution in [0.3, 0.4) is 0 Å². The van der Waals surface area contributed by atoms with Crippen LogP contribution in [0.15, 0.2) is 60.0 Å². The molecule has 0 spiro atoms. The third-order valence-electron chi connectivity index (χ3n) is 3.27. The molecule has 3 aromatic rings. The van der Waals surface area contributed by atoms with Gasteiger partial charge in [0.1, 0.15) is 6.04 Å². The molecule has 1 heterocycles. The molecule has 1 aromatic heterocycles. The van der Waals surface area contributed by atoms with Gasteiger partial charge in [-0.2, -0.15) is 0 Å². The van der Waals surface area contributed by atoms with E-state index in [4.69, 9.17) is 0 Å². The van der Waals surface area contributed by atoms with Crippen molar-refractivity contribution in [2.24, 2.45) is 0 Å². The van der Waals surface area contributed by atoms with Crippen LogP contribution in [0.5, 0.6) is 0 Å². The fourth-order valence-electron chi connectivity index (χ4n) is 2.14. The summed E-state index contributed by atoms with van der Waals surface area (Å²) in [6.45, 7) is 1.86. The number of benzene rings is 2. The molecule has 106 valence electrons. The summed E-state index contributed by atoms with van der Waals surface area (Å²) in [6.07, 6.45) is 0. The smallest absolute Gasteiger partial charge is 0.246 e. The van der Waals surface area contributed by atoms with Crippen LogP contribution in [-0.4, -0.2) is 11.9 Å². The predicted molar refractivity (Wildman–Crippen MR) is 90.0 cm³/mol. The molecule has 1 amide bonds. The number of carbonyl (C=O) groups is 1. The largest absolute Gasteiger partial charge is 0.374 e. The molecule has 3 rings (SSSR count). The lowest BCUT2D eigenvalue weighted by Crippen LogP contribution is -2.31. The average molecular weight is 296 g/mol. The van der Waals surface area contributed by atoms with E-state index in [2.05, 4.69) is 34.2 Å². The van der Waals surface area contributed by atoms with Crippen molar-refractivity contribution < 1.29 is 4.79 Å². The van der Waals surface area contributed by atoms with E-state index in [1.807, 2.05) is 43.3 Å². The first-order chi connectivity index (χ1) is 10.2. The van der Waals surface area contributed by atoms with Gasteiger partial charge in [-0.25, -0.2) is 0 Å². The highest BCUT2D eigenvalue weighted by molar-refractivity contribution is 7.17. The molecule has 4 heteroatoms. The molecule has 3 nitrogen and oxygen atoms in total. The van der Waals surface area contributed by atoms with Crippen LogP contribution in [0.4, 0.5) is 11.4 Å². The number of carbonyl (C=O) groups excluding carboxylic acids is 1. The first-order valence-electron chi connectivity index (χ1n) is 6.82. The molecule has 0 radical (unpaired) electrons. The Kier molecular flexibility index (Phi) is 3.88. The Morgan fingerprint density at radius 3 is 2.67 bits per heavy atom. The zero-order valence-corrected chi connectivity index (χ0v) is 12.5. The van der Waals surface area contributed by atoms with E-state index in [-0.39, 0.29) is 11.9 Å². The van der Waals surface area contributed by atoms with Crippen molar-refractivity contribution in [3.63, 3.8) is 0 Å². The molecule has 0 saturated carbocycles. The van der Waals surface area contributed by atoms with Gasteiger partial charge >= 0.3 is 0 Å². The summed E-state index contributed by atoms with van der Waals surface area (Å²) in [7, 11) is 0. The van der Waals surface area contributed by atoms with Gasteiger partial charge in [0.15, 0.2) is 0 Å². The lowest BCUT2D eigenvalue weighted by Gasteiger charge is -2.15. The predicted octanol–water partition coefficient (Wildman–Crippen LogP) is 4.34. The van der Waals surface area contributed by atoms with Crippen molar-refractivity contribution in [3.8, 4) is 0 Å². The average Bonchev–Trinajstić information content (AvgIpc) is 2.95. The van der Waals surface area contributed by atoms with Crippen molar-refractivity contribution in [1.82, 2.24) is 0 Å². The van der Waals surface area contributed by atoms with Gasteiger partial charge in [-0.15, -0.1) is 11.3 Å². The lowest BCUT2D eigenvalue weighted by molar-refractivity contribution is -0.116. The topological polar surface area (TPSA) is 41.1 Å². The summed E-state index contributed by atoms with van der Waals surface area (Å²) in [5, 5.41) is 9.40. The molecule has 0 aliphatic heterocycles. The van der Waals surface area contributed by atoms with Crippen molar-refractivity contribution in [2.45, 2.75) is 13.0 Å². The highest BCUT2D eigenvalue weighted by atomic mass is 32.1. The highest BCUT2D eigenvalue weighted by Gasteiger charge is 2.12. The number of fused-ring (bicyclic) bond motifs is 1. The number of anilines is 2. The van der Waals surface area contributed by atoms with Crippen LogP contribution >= 0.6 is 11.3 Å². The van der Waals surface area contributed by atoms with Crippen LogP contribution in [0.25, 0.3) is 10.1 Å². The molecule has 0 aliphatic rings. The highest BCUT2D eigenvalue weighted by Crippen LogP contribution is 2.24. The Labute approximate surface area is 127 Å². The molecular weight excluding hydrogens is 280 g/mol. The zero-order valence-electron chi connectivity index (χ0n) is 11.7. The zero-order chi connectivity index (χ0) is 14.7. The van der Waals surface area contributed by atoms with E-state index < -0.39 is 0 Å². The molecule has 0 aliphatic carbocycles. The van der Waals surface area contributed by atoms with E-state index in [0.29, 0.717) is 0 Å². The van der Waals surface area contributed by atoms with Gasteiger partial charge in [-0.1, -0.05) is 18.2 Å². The van der Waals surface area contributed by atoms with E-state index >= 15 is 0 Å². The number of rotatable bonds is 4. The summed E-state index contributed by atoms with van der Waals surface area (Å²) in [5.74, 6) is -0.0494. The Bertz CT molecular complexity index is 752. The summed E-state index contributed by atoms with van der Waals surface area (Å²) < 4.78 is 1.25. The minimum atomic E-state index is -0.304. The molecule has 1 unspecified atom stereocenters. The van der Waals surface area contributed by atoms with E-state index in [1.54, 1.807) is 11.3 Å². The minimum Gasteiger partial charge on any atom is -0.374 e. The number of amides is 1. The van der Waals surface area contributed by atoms with Gasteiger partial charge < -0.3 is 10.6 Å². The second-order valence-corrected chi connectivity index (χ2v) is 5.84. The van der Waals surface area contributed by atoms with Crippen LogP contribution in [0.1, 0.15) is 6.92 Å². The molecule has 0 fully saturated rings. The summed E-state index contributed by atoms with van der Waals surface area (Å²) in [4.78, 5) is 12.2. The van der Waals surface area contributed by atoms with Crippen LogP contribution < -0.4 is 10.6 Å². The Morgan fingerprint density at radius 2 is 1.86 bits per heavy atom. The molecule has 0 bridgehead atoms. The monoisotopic (exact) mass is 296 g/mol. The Balaban J connectivity index is 1.67. The lowest BCUT2D eigenvalue weighted by atomic mass is 10.2. The minimum absolute atomic E-state index is 0.0494. The Morgan fingerprint density at radius 1 is 1.05 bits per heavy atom. The van der Waals surface area contributed by atoms with E-state index in [0.717, 1.165) is 11.4 Å². The molecular formula is C17H16N2OS. The van der Waals surface area contributed by atoms with Gasteiger partial charge in [0.25, 0.3) is 0 Å². The van der Waals surface area contributed by atoms with Crippen molar-refractivity contribution in [2.75, 3.05) is 10.6 Å². The van der Waals surface area contributed by atoms with Crippen LogP contribution in [0.2, 0.25) is 0 Å². The standard InChI is InChI=1S/C17H16N2OS/c1-12(17(20)19-14-5-3-2-4-6-14)18-15-7-8-16-13(11-15)9-10-21-16/h2-12,18H,1H3,(H,19,20). The Hall–Kier alpha value is -2.33.